The molecular formula is C21H19N3O5. The summed E-state index contributed by atoms with van der Waals surface area (Å²) < 4.78 is 10.6. The van der Waals surface area contributed by atoms with Crippen molar-refractivity contribution >= 4 is 5.91 Å². The Morgan fingerprint density at radius 1 is 1.10 bits per heavy atom. The zero-order chi connectivity index (χ0) is 20.4. The monoisotopic (exact) mass is 393 g/mol. The maximum atomic E-state index is 12.6. The molecule has 0 saturated carbocycles. The van der Waals surface area contributed by atoms with Crippen LogP contribution in [0.3, 0.4) is 0 Å². The third-order valence-electron chi connectivity index (χ3n) is 4.67. The molecule has 2 heterocycles. The fraction of sp³-hybridized carbons (Fsp3) is 0.190. The molecule has 1 atom stereocenters. The van der Waals surface area contributed by atoms with Gasteiger partial charge in [0.25, 0.3) is 11.8 Å². The number of fused-ring (bicyclic) bond motifs is 1. The van der Waals surface area contributed by atoms with Gasteiger partial charge in [-0.05, 0) is 23.3 Å². The fourth-order valence-corrected chi connectivity index (χ4v) is 3.02. The number of nitrogens with zero attached hydrogens (tertiary/aromatic N) is 2. The van der Waals surface area contributed by atoms with Crippen LogP contribution in [-0.2, 0) is 6.54 Å². The van der Waals surface area contributed by atoms with E-state index in [4.69, 9.17) is 9.47 Å². The minimum Gasteiger partial charge on any atom is -0.501 e. The van der Waals surface area contributed by atoms with Crippen molar-refractivity contribution in [2.45, 2.75) is 19.4 Å². The highest BCUT2D eigenvalue weighted by Crippen LogP contribution is 2.33. The summed E-state index contributed by atoms with van der Waals surface area (Å²) in [5.41, 5.74) is 1.43. The maximum Gasteiger partial charge on any atom is 0.274 e. The van der Waals surface area contributed by atoms with E-state index in [-0.39, 0.29) is 30.8 Å². The number of rotatable bonds is 5. The van der Waals surface area contributed by atoms with E-state index in [0.717, 1.165) is 11.1 Å². The first-order valence-electron chi connectivity index (χ1n) is 9.04. The molecule has 0 radical (unpaired) electrons. The molecule has 4 rings (SSSR count). The fourth-order valence-electron chi connectivity index (χ4n) is 3.02. The van der Waals surface area contributed by atoms with Gasteiger partial charge in [0.2, 0.25) is 12.5 Å². The standard InChI is InChI=1S/C21H19N3O5/c1-12(14-5-3-2-4-6-14)19-23-17(18(25)21(27)24-19)20(26)22-10-13-7-8-15-16(9-13)29-11-28-15/h2-9,12,25H,10-11H2,1H3,(H,22,26)(H,23,24,27). The van der Waals surface area contributed by atoms with Gasteiger partial charge in [-0.25, -0.2) is 4.98 Å². The van der Waals surface area contributed by atoms with Crippen LogP contribution in [-0.4, -0.2) is 32.9 Å². The molecule has 8 nitrogen and oxygen atoms in total. The van der Waals surface area contributed by atoms with Crippen LogP contribution < -0.4 is 14.8 Å². The summed E-state index contributed by atoms with van der Waals surface area (Å²) in [6.07, 6.45) is 0. The van der Waals surface area contributed by atoms with Crippen LogP contribution in [0, 0.1) is 0 Å². The normalized spacial score (nSPS) is 13.1. The smallest absolute Gasteiger partial charge is 0.274 e. The van der Waals surface area contributed by atoms with E-state index in [1.165, 1.54) is 0 Å². The van der Waals surface area contributed by atoms with Gasteiger partial charge in [-0.15, -0.1) is 0 Å². The number of aromatic nitrogens is 2. The van der Waals surface area contributed by atoms with Gasteiger partial charge in [-0.3, -0.25) is 4.79 Å². The minimum atomic E-state index is -0.655. The lowest BCUT2D eigenvalue weighted by atomic mass is 10.0. The van der Waals surface area contributed by atoms with E-state index >= 15 is 0 Å². The second-order valence-corrected chi connectivity index (χ2v) is 6.61. The zero-order valence-corrected chi connectivity index (χ0v) is 15.6. The van der Waals surface area contributed by atoms with Crippen molar-refractivity contribution in [1.82, 2.24) is 15.3 Å². The molecule has 1 amide bonds. The molecule has 0 saturated heterocycles. The SMILES string of the molecule is CC(c1ccccc1)c1nc(O)c(O)c(C(=O)NCc2ccc3c(c2)OCO3)n1. The number of nitrogens with one attached hydrogen (secondary N) is 1. The van der Waals surface area contributed by atoms with Crippen LogP contribution in [0.15, 0.2) is 48.5 Å². The number of hydrogen-bond donors (Lipinski definition) is 3. The molecule has 0 spiro atoms. The Morgan fingerprint density at radius 3 is 2.66 bits per heavy atom. The highest BCUT2D eigenvalue weighted by atomic mass is 16.7. The third kappa shape index (κ3) is 3.77. The van der Waals surface area contributed by atoms with Gasteiger partial charge in [-0.1, -0.05) is 43.3 Å². The van der Waals surface area contributed by atoms with Crippen molar-refractivity contribution in [3.05, 3.63) is 71.2 Å². The number of aromatic hydroxyl groups is 2. The van der Waals surface area contributed by atoms with Crippen LogP contribution in [0.1, 0.15) is 40.3 Å². The third-order valence-corrected chi connectivity index (χ3v) is 4.67. The Morgan fingerprint density at radius 2 is 1.86 bits per heavy atom. The van der Waals surface area contributed by atoms with Crippen molar-refractivity contribution in [2.24, 2.45) is 0 Å². The lowest BCUT2D eigenvalue weighted by Crippen LogP contribution is -2.25. The number of benzene rings is 2. The van der Waals surface area contributed by atoms with Crippen LogP contribution in [0.4, 0.5) is 0 Å². The summed E-state index contributed by atoms with van der Waals surface area (Å²) >= 11 is 0. The van der Waals surface area contributed by atoms with Crippen molar-refractivity contribution in [2.75, 3.05) is 6.79 Å². The summed E-state index contributed by atoms with van der Waals surface area (Å²) in [5.74, 6) is -0.693. The predicted molar refractivity (Wildman–Crippen MR) is 103 cm³/mol. The molecule has 8 heteroatoms. The zero-order valence-electron chi connectivity index (χ0n) is 15.6. The van der Waals surface area contributed by atoms with Crippen LogP contribution in [0.2, 0.25) is 0 Å². The summed E-state index contributed by atoms with van der Waals surface area (Å²) in [6.45, 7) is 2.21. The average Bonchev–Trinajstić information content (AvgIpc) is 3.22. The largest absolute Gasteiger partial charge is 0.501 e. The molecular weight excluding hydrogens is 374 g/mol. The Labute approximate surface area is 166 Å². The minimum absolute atomic E-state index is 0.168. The van der Waals surface area contributed by atoms with Crippen LogP contribution in [0.5, 0.6) is 23.1 Å². The Bertz CT molecular complexity index is 1060. The van der Waals surface area contributed by atoms with Crippen molar-refractivity contribution in [3.63, 3.8) is 0 Å². The maximum absolute atomic E-state index is 12.6. The van der Waals surface area contributed by atoms with E-state index in [9.17, 15) is 15.0 Å². The average molecular weight is 393 g/mol. The van der Waals surface area contributed by atoms with Gasteiger partial charge >= 0.3 is 0 Å². The van der Waals surface area contributed by atoms with Gasteiger partial charge in [-0.2, -0.15) is 4.98 Å². The molecule has 148 valence electrons. The number of hydrogen-bond acceptors (Lipinski definition) is 7. The molecule has 1 aliphatic heterocycles. The van der Waals surface area contributed by atoms with Crippen LogP contribution >= 0.6 is 0 Å². The van der Waals surface area contributed by atoms with Gasteiger partial charge in [0.05, 0.1) is 0 Å². The van der Waals surface area contributed by atoms with Gasteiger partial charge < -0.3 is 25.0 Å². The number of carbonyl (C=O) groups is 1. The molecule has 0 bridgehead atoms. The summed E-state index contributed by atoms with van der Waals surface area (Å²) in [4.78, 5) is 20.7. The second kappa shape index (κ2) is 7.67. The first-order valence-corrected chi connectivity index (χ1v) is 9.04. The molecule has 1 aromatic heterocycles. The Balaban J connectivity index is 1.54. The quantitative estimate of drug-likeness (QED) is 0.611. The first kappa shape index (κ1) is 18.5. The number of amides is 1. The predicted octanol–water partition coefficient (Wildman–Crippen LogP) is 2.70. The Kier molecular flexibility index (Phi) is 4.90. The van der Waals surface area contributed by atoms with Crippen molar-refractivity contribution < 1.29 is 24.5 Å². The molecule has 2 aromatic carbocycles. The topological polar surface area (TPSA) is 114 Å². The van der Waals surface area contributed by atoms with Crippen LogP contribution in [0.25, 0.3) is 0 Å². The van der Waals surface area contributed by atoms with Gasteiger partial charge in [0, 0.05) is 12.5 Å². The van der Waals surface area contributed by atoms with E-state index in [1.54, 1.807) is 18.2 Å². The number of ether oxygens (including phenoxy) is 2. The molecule has 0 fully saturated rings. The van der Waals surface area contributed by atoms with E-state index in [2.05, 4.69) is 15.3 Å². The molecule has 1 unspecified atom stereocenters. The first-order chi connectivity index (χ1) is 14.0. The van der Waals surface area contributed by atoms with E-state index < -0.39 is 17.5 Å². The molecule has 1 aliphatic rings. The van der Waals surface area contributed by atoms with Crippen molar-refractivity contribution in [3.8, 4) is 23.1 Å². The van der Waals surface area contributed by atoms with Gasteiger partial charge in [0.15, 0.2) is 17.2 Å². The lowest BCUT2D eigenvalue weighted by molar-refractivity contribution is 0.0941. The highest BCUT2D eigenvalue weighted by Gasteiger charge is 2.23. The lowest BCUT2D eigenvalue weighted by Gasteiger charge is -2.13. The molecule has 3 aromatic rings. The highest BCUT2D eigenvalue weighted by molar-refractivity contribution is 5.95. The van der Waals surface area contributed by atoms with E-state index in [1.807, 2.05) is 37.3 Å². The summed E-state index contributed by atoms with van der Waals surface area (Å²) in [5, 5.41) is 22.8. The summed E-state index contributed by atoms with van der Waals surface area (Å²) in [6, 6.07) is 14.8. The van der Waals surface area contributed by atoms with E-state index in [0.29, 0.717) is 11.5 Å². The van der Waals surface area contributed by atoms with Crippen molar-refractivity contribution in [1.29, 1.82) is 0 Å². The Hall–Kier alpha value is -3.81. The van der Waals surface area contributed by atoms with Gasteiger partial charge in [0.1, 0.15) is 5.82 Å². The molecule has 3 N–H and O–H groups in total. The second-order valence-electron chi connectivity index (χ2n) is 6.61. The molecule has 0 aliphatic carbocycles. The number of carbonyl (C=O) groups excluding carboxylic acids is 1. The molecule has 29 heavy (non-hydrogen) atoms. The summed E-state index contributed by atoms with van der Waals surface area (Å²) in [7, 11) is 0.